The molecule has 0 aliphatic rings. The summed E-state index contributed by atoms with van der Waals surface area (Å²) in [7, 11) is -3.78. The van der Waals surface area contributed by atoms with Gasteiger partial charge < -0.3 is 10.6 Å². The van der Waals surface area contributed by atoms with Crippen molar-refractivity contribution in [1.29, 1.82) is 0 Å². The van der Waals surface area contributed by atoms with E-state index in [4.69, 9.17) is 10.6 Å². The summed E-state index contributed by atoms with van der Waals surface area (Å²) in [5.41, 5.74) is 1.74. The average Bonchev–Trinajstić information content (AvgIpc) is 2.05. The molecule has 7 heteroatoms. The van der Waals surface area contributed by atoms with E-state index in [1.165, 1.54) is 0 Å². The minimum Gasteiger partial charge on any atom is -0.342 e. The Labute approximate surface area is 89.3 Å². The van der Waals surface area contributed by atoms with Crippen molar-refractivity contribution >= 4 is 20.4 Å². The molecule has 0 aromatic carbocycles. The first kappa shape index (κ1) is 16.7. The highest BCUT2D eigenvalue weighted by molar-refractivity contribution is 7.39. The van der Waals surface area contributed by atoms with E-state index in [-0.39, 0.29) is 25.2 Å². The van der Waals surface area contributed by atoms with E-state index in [1.807, 2.05) is 0 Å². The second kappa shape index (κ2) is 7.57. The number of alkyl halides is 2. The molecule has 0 heterocycles. The topological polar surface area (TPSA) is 63.3 Å². The number of hydrogen-bond donors (Lipinski definition) is 2. The summed E-state index contributed by atoms with van der Waals surface area (Å²) in [5.74, 6) is -1.02. The number of halogens is 3. The molecular weight excluding hydrogens is 235 g/mol. The molecule has 0 spiro atoms. The van der Waals surface area contributed by atoms with Gasteiger partial charge in [-0.1, -0.05) is 6.92 Å². The molecule has 0 aromatic rings. The van der Waals surface area contributed by atoms with Gasteiger partial charge in [0, 0.05) is 5.92 Å². The monoisotopic (exact) mass is 251 g/mol. The maximum absolute atomic E-state index is 13.0. The number of nitrogens with two attached hydrogens (primary N) is 1. The van der Waals surface area contributed by atoms with Crippen molar-refractivity contribution in [3.8, 4) is 0 Å². The molecule has 0 aromatic heterocycles. The fraction of sp³-hybridized carbons (Fsp3) is 1.00. The Balaban J connectivity index is 0. The average molecular weight is 252 g/mol. The van der Waals surface area contributed by atoms with E-state index >= 15 is 0 Å². The lowest BCUT2D eigenvalue weighted by Gasteiger charge is -2.22. The smallest absolute Gasteiger partial charge is 0.321 e. The van der Waals surface area contributed by atoms with Crippen molar-refractivity contribution in [2.24, 2.45) is 11.7 Å². The maximum atomic E-state index is 13.0. The van der Waals surface area contributed by atoms with Crippen molar-refractivity contribution in [3.05, 3.63) is 0 Å². The molecule has 88 valence electrons. The van der Waals surface area contributed by atoms with Crippen LogP contribution in [0.2, 0.25) is 0 Å². The largest absolute Gasteiger partial charge is 0.342 e. The molecule has 3 nitrogen and oxygen atoms in total. The molecule has 0 aliphatic carbocycles. The summed E-state index contributed by atoms with van der Waals surface area (Å²) in [4.78, 5) is 8.45. The highest BCUT2D eigenvalue weighted by Crippen LogP contribution is 2.47. The third kappa shape index (κ3) is 4.69. The van der Waals surface area contributed by atoms with Crippen LogP contribution in [0.15, 0.2) is 0 Å². The van der Waals surface area contributed by atoms with Crippen LogP contribution >= 0.6 is 20.4 Å². The van der Waals surface area contributed by atoms with E-state index < -0.39 is 19.6 Å². The van der Waals surface area contributed by atoms with Crippen LogP contribution in [0.5, 0.6) is 0 Å². The number of rotatable bonds is 6. The van der Waals surface area contributed by atoms with Crippen LogP contribution in [-0.4, -0.2) is 17.1 Å². The fourth-order valence-electron chi connectivity index (χ4n) is 1.18. The summed E-state index contributed by atoms with van der Waals surface area (Å²) in [6, 6.07) is 0. The lowest BCUT2D eigenvalue weighted by atomic mass is 10.0. The quantitative estimate of drug-likeness (QED) is 0.712. The summed E-state index contributed by atoms with van der Waals surface area (Å²) < 4.78 is 36.3. The zero-order valence-electron chi connectivity index (χ0n) is 8.00. The lowest BCUT2D eigenvalue weighted by Crippen LogP contribution is -2.24. The number of hydrogen-bond acceptors (Lipinski definition) is 2. The van der Waals surface area contributed by atoms with Gasteiger partial charge in [-0.25, -0.2) is 0 Å². The second-order valence-corrected chi connectivity index (χ2v) is 4.24. The van der Waals surface area contributed by atoms with Gasteiger partial charge in [0.2, 0.25) is 0 Å². The van der Waals surface area contributed by atoms with E-state index in [0.29, 0.717) is 13.0 Å². The molecule has 0 fully saturated rings. The molecule has 0 amide bonds. The van der Waals surface area contributed by atoms with Gasteiger partial charge >= 0.3 is 5.66 Å². The standard InChI is InChI=1S/C7H16F2NO2P.ClH/c1-2-6(4-3-5-10)7(8,9)13(11)12;/h6,13H,2-5,10H2,1H3,(H,11,12);1H. The zero-order valence-corrected chi connectivity index (χ0v) is 9.82. The SMILES string of the molecule is CCC(CCCN)C(F)(F)[PH](=O)O.Cl. The van der Waals surface area contributed by atoms with E-state index in [9.17, 15) is 13.3 Å². The molecular formula is C7H17ClF2NO2P. The summed E-state index contributed by atoms with van der Waals surface area (Å²) >= 11 is 0. The predicted molar refractivity (Wildman–Crippen MR) is 55.5 cm³/mol. The molecule has 0 rings (SSSR count). The van der Waals surface area contributed by atoms with Crippen molar-refractivity contribution in [2.75, 3.05) is 6.54 Å². The van der Waals surface area contributed by atoms with Gasteiger partial charge in [-0.15, -0.1) is 12.4 Å². The fourth-order valence-corrected chi connectivity index (χ4v) is 1.88. The summed E-state index contributed by atoms with van der Waals surface area (Å²) in [5, 5.41) is 0. The van der Waals surface area contributed by atoms with Crippen molar-refractivity contribution < 1.29 is 18.2 Å². The van der Waals surface area contributed by atoms with Crippen molar-refractivity contribution in [2.45, 2.75) is 31.8 Å². The molecule has 0 aliphatic heterocycles. The van der Waals surface area contributed by atoms with Crippen LogP contribution in [-0.2, 0) is 4.57 Å². The Morgan fingerprint density at radius 1 is 1.57 bits per heavy atom. The van der Waals surface area contributed by atoms with Crippen LogP contribution in [0.1, 0.15) is 26.2 Å². The Hall–Kier alpha value is 0.300. The Kier molecular flexibility index (Phi) is 9.04. The molecule has 3 N–H and O–H groups in total. The third-order valence-electron chi connectivity index (χ3n) is 2.05. The first-order valence-corrected chi connectivity index (χ1v) is 5.63. The molecule has 2 atom stereocenters. The van der Waals surface area contributed by atoms with Crippen LogP contribution in [0.3, 0.4) is 0 Å². The molecule has 2 unspecified atom stereocenters. The first-order chi connectivity index (χ1) is 5.96. The highest BCUT2D eigenvalue weighted by Gasteiger charge is 2.43. The van der Waals surface area contributed by atoms with Gasteiger partial charge in [0.05, 0.1) is 0 Å². The van der Waals surface area contributed by atoms with E-state index in [2.05, 4.69) is 0 Å². The Morgan fingerprint density at radius 2 is 2.07 bits per heavy atom. The molecule has 0 saturated carbocycles. The van der Waals surface area contributed by atoms with E-state index in [0.717, 1.165) is 0 Å². The third-order valence-corrected chi connectivity index (χ3v) is 3.03. The zero-order chi connectivity index (χ0) is 10.5. The lowest BCUT2D eigenvalue weighted by molar-refractivity contribution is 0.0128. The maximum Gasteiger partial charge on any atom is 0.321 e. The molecule has 0 saturated heterocycles. The summed E-state index contributed by atoms with van der Waals surface area (Å²) in [6.07, 6.45) is 0.865. The normalized spacial score (nSPS) is 15.8. The van der Waals surface area contributed by atoms with Crippen molar-refractivity contribution in [1.82, 2.24) is 0 Å². The first-order valence-electron chi connectivity index (χ1n) is 4.28. The van der Waals surface area contributed by atoms with Gasteiger partial charge in [-0.3, -0.25) is 4.57 Å². The minimum atomic E-state index is -3.78. The van der Waals surface area contributed by atoms with Gasteiger partial charge in [-0.2, -0.15) is 8.78 Å². The van der Waals surface area contributed by atoms with Crippen LogP contribution in [0.25, 0.3) is 0 Å². The van der Waals surface area contributed by atoms with Gasteiger partial charge in [0.1, 0.15) is 0 Å². The molecule has 0 radical (unpaired) electrons. The molecule has 0 bridgehead atoms. The van der Waals surface area contributed by atoms with Crippen LogP contribution in [0, 0.1) is 5.92 Å². The van der Waals surface area contributed by atoms with Gasteiger partial charge in [0.25, 0.3) is 8.03 Å². The molecule has 14 heavy (non-hydrogen) atoms. The van der Waals surface area contributed by atoms with Crippen LogP contribution in [0.4, 0.5) is 8.78 Å². The second-order valence-electron chi connectivity index (χ2n) is 2.96. The summed E-state index contributed by atoms with van der Waals surface area (Å²) in [6.45, 7) is 1.92. The van der Waals surface area contributed by atoms with Gasteiger partial charge in [0.15, 0.2) is 0 Å². The van der Waals surface area contributed by atoms with Crippen LogP contribution < -0.4 is 5.73 Å². The van der Waals surface area contributed by atoms with E-state index in [1.54, 1.807) is 6.92 Å². The minimum absolute atomic E-state index is 0. The highest BCUT2D eigenvalue weighted by atomic mass is 35.5. The Bertz CT molecular complexity index is 183. The van der Waals surface area contributed by atoms with Gasteiger partial charge in [-0.05, 0) is 25.8 Å². The van der Waals surface area contributed by atoms with Crippen molar-refractivity contribution in [3.63, 3.8) is 0 Å². The predicted octanol–water partition coefficient (Wildman–Crippen LogP) is 2.23. The Morgan fingerprint density at radius 3 is 2.36 bits per heavy atom.